The van der Waals surface area contributed by atoms with Crippen molar-refractivity contribution in [3.8, 4) is 10.6 Å². The Bertz CT molecular complexity index is 1230. The fourth-order valence-corrected chi connectivity index (χ4v) is 4.44. The molecule has 4 aromatic carbocycles. The SMILES string of the molecule is C(=C\c1ccc2ccccc2c1-c1nc2ccccc2s1)/c1ccccc1. The van der Waals surface area contributed by atoms with Crippen LogP contribution in [0.3, 0.4) is 0 Å². The zero-order chi connectivity index (χ0) is 18.1. The fraction of sp³-hybridized carbons (Fsp3) is 0. The highest BCUT2D eigenvalue weighted by molar-refractivity contribution is 7.21. The van der Waals surface area contributed by atoms with Crippen LogP contribution in [0.4, 0.5) is 0 Å². The van der Waals surface area contributed by atoms with Gasteiger partial charge in [-0.2, -0.15) is 0 Å². The fourth-order valence-electron chi connectivity index (χ4n) is 3.40. The second kappa shape index (κ2) is 6.82. The minimum absolute atomic E-state index is 1.06. The Morgan fingerprint density at radius 2 is 1.44 bits per heavy atom. The molecule has 0 amide bonds. The molecule has 128 valence electrons. The highest BCUT2D eigenvalue weighted by Crippen LogP contribution is 2.37. The van der Waals surface area contributed by atoms with E-state index in [-0.39, 0.29) is 0 Å². The van der Waals surface area contributed by atoms with E-state index in [4.69, 9.17) is 4.98 Å². The maximum atomic E-state index is 4.93. The lowest BCUT2D eigenvalue weighted by Gasteiger charge is -2.08. The Hall–Kier alpha value is -3.23. The molecule has 0 aliphatic carbocycles. The molecule has 1 nitrogen and oxygen atoms in total. The van der Waals surface area contributed by atoms with Crippen molar-refractivity contribution < 1.29 is 0 Å². The summed E-state index contributed by atoms with van der Waals surface area (Å²) in [5.74, 6) is 0. The van der Waals surface area contributed by atoms with Gasteiger partial charge < -0.3 is 0 Å². The topological polar surface area (TPSA) is 12.9 Å². The molecule has 0 aliphatic rings. The van der Waals surface area contributed by atoms with Gasteiger partial charge in [0.05, 0.1) is 10.2 Å². The van der Waals surface area contributed by atoms with Crippen LogP contribution in [0.5, 0.6) is 0 Å². The molecule has 0 bridgehead atoms. The highest BCUT2D eigenvalue weighted by Gasteiger charge is 2.13. The predicted molar refractivity (Wildman–Crippen MR) is 118 cm³/mol. The summed E-state index contributed by atoms with van der Waals surface area (Å²) < 4.78 is 1.22. The van der Waals surface area contributed by atoms with Crippen molar-refractivity contribution >= 4 is 44.5 Å². The van der Waals surface area contributed by atoms with E-state index in [0.29, 0.717) is 0 Å². The molecule has 5 rings (SSSR count). The number of hydrogen-bond donors (Lipinski definition) is 0. The van der Waals surface area contributed by atoms with Gasteiger partial charge in [0.15, 0.2) is 0 Å². The molecular weight excluding hydrogens is 346 g/mol. The van der Waals surface area contributed by atoms with Crippen LogP contribution in [-0.2, 0) is 0 Å². The van der Waals surface area contributed by atoms with Gasteiger partial charge in [0.25, 0.3) is 0 Å². The Labute approximate surface area is 162 Å². The minimum Gasteiger partial charge on any atom is -0.236 e. The van der Waals surface area contributed by atoms with Crippen LogP contribution in [0, 0.1) is 0 Å². The van der Waals surface area contributed by atoms with E-state index in [1.165, 1.54) is 32.2 Å². The molecule has 1 aromatic heterocycles. The van der Waals surface area contributed by atoms with E-state index in [1.807, 2.05) is 12.1 Å². The van der Waals surface area contributed by atoms with E-state index >= 15 is 0 Å². The number of aromatic nitrogens is 1. The number of para-hydroxylation sites is 1. The lowest BCUT2D eigenvalue weighted by atomic mass is 9.98. The second-order valence-electron chi connectivity index (χ2n) is 6.48. The Morgan fingerprint density at radius 3 is 2.33 bits per heavy atom. The number of nitrogens with zero attached hydrogens (tertiary/aromatic N) is 1. The van der Waals surface area contributed by atoms with Crippen molar-refractivity contribution in [2.45, 2.75) is 0 Å². The first-order valence-electron chi connectivity index (χ1n) is 8.99. The van der Waals surface area contributed by atoms with E-state index in [9.17, 15) is 0 Å². The van der Waals surface area contributed by atoms with Crippen LogP contribution in [-0.4, -0.2) is 4.98 Å². The van der Waals surface area contributed by atoms with Crippen LogP contribution in [0.15, 0.2) is 91.0 Å². The summed E-state index contributed by atoms with van der Waals surface area (Å²) in [4.78, 5) is 4.93. The summed E-state index contributed by atoms with van der Waals surface area (Å²) in [7, 11) is 0. The molecule has 0 N–H and O–H groups in total. The highest BCUT2D eigenvalue weighted by atomic mass is 32.1. The lowest BCUT2D eigenvalue weighted by molar-refractivity contribution is 1.48. The summed E-state index contributed by atoms with van der Waals surface area (Å²) in [6.07, 6.45) is 4.37. The second-order valence-corrected chi connectivity index (χ2v) is 7.51. The van der Waals surface area contributed by atoms with Gasteiger partial charge in [0.1, 0.15) is 5.01 Å². The Morgan fingerprint density at radius 1 is 0.667 bits per heavy atom. The third-order valence-electron chi connectivity index (χ3n) is 4.72. The van der Waals surface area contributed by atoms with Gasteiger partial charge in [-0.1, -0.05) is 91.0 Å². The zero-order valence-corrected chi connectivity index (χ0v) is 15.5. The summed E-state index contributed by atoms with van der Waals surface area (Å²) >= 11 is 1.76. The van der Waals surface area contributed by atoms with Gasteiger partial charge in [-0.05, 0) is 34.0 Å². The van der Waals surface area contributed by atoms with Gasteiger partial charge in [0.2, 0.25) is 0 Å². The van der Waals surface area contributed by atoms with Crippen molar-refractivity contribution in [3.63, 3.8) is 0 Å². The number of fused-ring (bicyclic) bond motifs is 2. The molecular formula is C25H17NS. The van der Waals surface area contributed by atoms with Crippen molar-refractivity contribution in [1.82, 2.24) is 4.98 Å². The summed E-state index contributed by atoms with van der Waals surface area (Å²) in [6, 6.07) is 31.7. The molecule has 1 heterocycles. The molecule has 2 heteroatoms. The van der Waals surface area contributed by atoms with E-state index in [1.54, 1.807) is 11.3 Å². The van der Waals surface area contributed by atoms with E-state index in [0.717, 1.165) is 10.5 Å². The monoisotopic (exact) mass is 363 g/mol. The molecule has 0 fully saturated rings. The largest absolute Gasteiger partial charge is 0.236 e. The maximum absolute atomic E-state index is 4.93. The third-order valence-corrected chi connectivity index (χ3v) is 5.78. The zero-order valence-electron chi connectivity index (χ0n) is 14.7. The first-order valence-corrected chi connectivity index (χ1v) is 9.81. The van der Waals surface area contributed by atoms with Crippen molar-refractivity contribution in [2.24, 2.45) is 0 Å². The number of benzene rings is 4. The average Bonchev–Trinajstić information content (AvgIpc) is 3.16. The summed E-state index contributed by atoms with van der Waals surface area (Å²) in [5, 5.41) is 3.55. The van der Waals surface area contributed by atoms with Gasteiger partial charge in [-0.15, -0.1) is 11.3 Å². The molecule has 0 unspecified atom stereocenters. The van der Waals surface area contributed by atoms with Crippen LogP contribution in [0.1, 0.15) is 11.1 Å². The third kappa shape index (κ3) is 3.05. The Balaban J connectivity index is 1.73. The first-order chi connectivity index (χ1) is 13.4. The average molecular weight is 363 g/mol. The lowest BCUT2D eigenvalue weighted by Crippen LogP contribution is -1.86. The molecule has 0 aliphatic heterocycles. The van der Waals surface area contributed by atoms with Crippen LogP contribution < -0.4 is 0 Å². The number of rotatable bonds is 3. The predicted octanol–water partition coefficient (Wildman–Crippen LogP) is 7.29. The van der Waals surface area contributed by atoms with Gasteiger partial charge in [-0.3, -0.25) is 0 Å². The van der Waals surface area contributed by atoms with Crippen molar-refractivity contribution in [1.29, 1.82) is 0 Å². The molecule has 0 radical (unpaired) electrons. The quantitative estimate of drug-likeness (QED) is 0.307. The van der Waals surface area contributed by atoms with E-state index in [2.05, 4.69) is 91.0 Å². The van der Waals surface area contributed by atoms with E-state index < -0.39 is 0 Å². The normalized spacial score (nSPS) is 11.6. The molecule has 0 atom stereocenters. The first kappa shape index (κ1) is 16.0. The minimum atomic E-state index is 1.06. The number of hydrogen-bond acceptors (Lipinski definition) is 2. The van der Waals surface area contributed by atoms with Crippen molar-refractivity contribution in [2.75, 3.05) is 0 Å². The van der Waals surface area contributed by atoms with Gasteiger partial charge in [0, 0.05) is 5.56 Å². The standard InChI is InChI=1S/C25H17NS/c1-2-8-18(9-3-1)14-15-20-17-16-19-10-4-5-11-21(19)24(20)25-26-22-12-6-7-13-23(22)27-25/h1-17H/b15-14+. The molecule has 0 saturated heterocycles. The number of thiazole rings is 1. The van der Waals surface area contributed by atoms with Crippen molar-refractivity contribution in [3.05, 3.63) is 102 Å². The van der Waals surface area contributed by atoms with Gasteiger partial charge >= 0.3 is 0 Å². The molecule has 0 saturated carbocycles. The van der Waals surface area contributed by atoms with Gasteiger partial charge in [-0.25, -0.2) is 4.98 Å². The smallest absolute Gasteiger partial charge is 0.125 e. The van der Waals surface area contributed by atoms with Crippen LogP contribution in [0.2, 0.25) is 0 Å². The summed E-state index contributed by atoms with van der Waals surface area (Å²) in [5.41, 5.74) is 4.66. The maximum Gasteiger partial charge on any atom is 0.125 e. The molecule has 27 heavy (non-hydrogen) atoms. The molecule has 0 spiro atoms. The van der Waals surface area contributed by atoms with Crippen LogP contribution in [0.25, 0.3) is 43.7 Å². The Kier molecular flexibility index (Phi) is 4.04. The van der Waals surface area contributed by atoms with Crippen LogP contribution >= 0.6 is 11.3 Å². The molecule has 5 aromatic rings. The summed E-state index contributed by atoms with van der Waals surface area (Å²) in [6.45, 7) is 0.